The molecule has 1 rings (SSSR count). The first-order valence-corrected chi connectivity index (χ1v) is 4.73. The van der Waals surface area contributed by atoms with Gasteiger partial charge in [-0.15, -0.1) is 0 Å². The van der Waals surface area contributed by atoms with Crippen LogP contribution in [0.3, 0.4) is 0 Å². The van der Waals surface area contributed by atoms with Gasteiger partial charge >= 0.3 is 0 Å². The normalized spacial score (nSPS) is 36.3. The summed E-state index contributed by atoms with van der Waals surface area (Å²) in [6.07, 6.45) is 4.26. The van der Waals surface area contributed by atoms with Crippen LogP contribution in [-0.2, 0) is 0 Å². The molecule has 0 nitrogen and oxygen atoms in total. The molecule has 1 saturated carbocycles. The summed E-state index contributed by atoms with van der Waals surface area (Å²) in [5.74, 6) is 1.06. The molecule has 0 spiro atoms. The van der Waals surface area contributed by atoms with Gasteiger partial charge in [0.15, 0.2) is 0 Å². The van der Waals surface area contributed by atoms with Crippen LogP contribution in [0.2, 0.25) is 0 Å². The van der Waals surface area contributed by atoms with Crippen LogP contribution in [-0.4, -0.2) is 0 Å². The van der Waals surface area contributed by atoms with E-state index in [-0.39, 0.29) is 0 Å². The smallest absolute Gasteiger partial charge is 0.0297 e. The second kappa shape index (κ2) is 4.00. The topological polar surface area (TPSA) is 0 Å². The molecule has 0 aromatic carbocycles. The molecule has 1 aliphatic rings. The van der Waals surface area contributed by atoms with Crippen molar-refractivity contribution in [1.29, 1.82) is 0 Å². The molecular weight excluding hydrogens is 120 g/mol. The zero-order valence-corrected chi connectivity index (χ0v) is 8.20. The van der Waals surface area contributed by atoms with Gasteiger partial charge in [-0.1, -0.05) is 47.5 Å². The molecule has 1 fully saturated rings. The average Bonchev–Trinajstić information content (AvgIpc) is 2.67. The Hall–Kier alpha value is 0. The molecule has 10 heavy (non-hydrogen) atoms. The molecule has 0 amide bonds. The Kier molecular flexibility index (Phi) is 4.00. The third-order valence-corrected chi connectivity index (χ3v) is 2.84. The van der Waals surface area contributed by atoms with Crippen molar-refractivity contribution in [3.63, 3.8) is 0 Å². The predicted octanol–water partition coefficient (Wildman–Crippen LogP) is 3.86. The quantitative estimate of drug-likeness (QED) is 0.549. The average molecular weight is 142 g/mol. The number of hydrogen-bond donors (Lipinski definition) is 0. The van der Waals surface area contributed by atoms with E-state index in [4.69, 9.17) is 0 Å². The highest BCUT2D eigenvalue weighted by atomic mass is 14.5. The monoisotopic (exact) mass is 142 g/mol. The van der Waals surface area contributed by atoms with E-state index in [1.807, 2.05) is 13.8 Å². The van der Waals surface area contributed by atoms with E-state index in [9.17, 15) is 0 Å². The van der Waals surface area contributed by atoms with Crippen molar-refractivity contribution in [2.24, 2.45) is 11.3 Å². The van der Waals surface area contributed by atoms with E-state index < -0.39 is 0 Å². The van der Waals surface area contributed by atoms with Crippen molar-refractivity contribution in [2.45, 2.75) is 53.9 Å². The lowest BCUT2D eigenvalue weighted by atomic mass is 10.0. The summed E-state index contributed by atoms with van der Waals surface area (Å²) in [5.41, 5.74) is 0.759. The van der Waals surface area contributed by atoms with Gasteiger partial charge in [-0.2, -0.15) is 0 Å². The molecule has 2 unspecified atom stereocenters. The van der Waals surface area contributed by atoms with Gasteiger partial charge < -0.3 is 0 Å². The number of rotatable bonds is 2. The first-order valence-electron chi connectivity index (χ1n) is 4.73. The maximum Gasteiger partial charge on any atom is -0.0297 e. The van der Waals surface area contributed by atoms with Crippen LogP contribution in [0.4, 0.5) is 0 Å². The van der Waals surface area contributed by atoms with Gasteiger partial charge in [-0.05, 0) is 17.8 Å². The highest BCUT2D eigenvalue weighted by Crippen LogP contribution is 2.56. The molecule has 0 heterocycles. The van der Waals surface area contributed by atoms with Crippen LogP contribution in [0.25, 0.3) is 0 Å². The molecule has 1 aliphatic carbocycles. The van der Waals surface area contributed by atoms with Gasteiger partial charge in [0, 0.05) is 0 Å². The third kappa shape index (κ3) is 2.00. The second-order valence-electron chi connectivity index (χ2n) is 3.32. The molecule has 0 N–H and O–H groups in total. The molecule has 0 heteroatoms. The number of hydrogen-bond acceptors (Lipinski definition) is 0. The maximum absolute atomic E-state index is 2.40. The van der Waals surface area contributed by atoms with Crippen LogP contribution >= 0.6 is 0 Å². The summed E-state index contributed by atoms with van der Waals surface area (Å²) < 4.78 is 0. The zero-order chi connectivity index (χ0) is 8.20. The molecule has 2 atom stereocenters. The van der Waals surface area contributed by atoms with E-state index in [1.165, 1.54) is 19.3 Å². The lowest BCUT2D eigenvalue weighted by Crippen LogP contribution is -1.92. The summed E-state index contributed by atoms with van der Waals surface area (Å²) in [5, 5.41) is 0. The second-order valence-corrected chi connectivity index (χ2v) is 3.32. The van der Waals surface area contributed by atoms with Gasteiger partial charge in [0.1, 0.15) is 0 Å². The van der Waals surface area contributed by atoms with Gasteiger partial charge in [0.05, 0.1) is 0 Å². The summed E-state index contributed by atoms with van der Waals surface area (Å²) in [4.78, 5) is 0. The molecule has 0 aromatic heterocycles. The first-order chi connectivity index (χ1) is 4.73. The van der Waals surface area contributed by atoms with Crippen molar-refractivity contribution in [1.82, 2.24) is 0 Å². The lowest BCUT2D eigenvalue weighted by molar-refractivity contribution is 0.478. The molecular formula is C10H22. The largest absolute Gasteiger partial charge is 0.0683 e. The van der Waals surface area contributed by atoms with E-state index in [2.05, 4.69) is 20.8 Å². The van der Waals surface area contributed by atoms with Gasteiger partial charge in [0.25, 0.3) is 0 Å². The van der Waals surface area contributed by atoms with E-state index in [0.29, 0.717) is 0 Å². The molecule has 0 bridgehead atoms. The standard InChI is InChI=1S/C8H16.C2H6/c1-4-7-6-8(7,3)5-2;1-2/h7H,4-6H2,1-3H3;1-2H3. The zero-order valence-electron chi connectivity index (χ0n) is 8.20. The van der Waals surface area contributed by atoms with E-state index in [1.54, 1.807) is 0 Å². The van der Waals surface area contributed by atoms with Crippen molar-refractivity contribution in [2.75, 3.05) is 0 Å². The van der Waals surface area contributed by atoms with Crippen molar-refractivity contribution in [3.05, 3.63) is 0 Å². The lowest BCUT2D eigenvalue weighted by Gasteiger charge is -2.03. The fraction of sp³-hybridized carbons (Fsp3) is 1.00. The summed E-state index contributed by atoms with van der Waals surface area (Å²) in [7, 11) is 0. The Balaban J connectivity index is 0.000000371. The molecule has 0 saturated heterocycles. The molecule has 0 radical (unpaired) electrons. The molecule has 0 aliphatic heterocycles. The van der Waals surface area contributed by atoms with Gasteiger partial charge in [0.2, 0.25) is 0 Å². The highest BCUT2D eigenvalue weighted by molar-refractivity contribution is 4.96. The summed E-state index contributed by atoms with van der Waals surface area (Å²) in [6, 6.07) is 0. The van der Waals surface area contributed by atoms with Gasteiger partial charge in [-0.3, -0.25) is 0 Å². The molecule has 0 aromatic rings. The Morgan fingerprint density at radius 3 is 1.90 bits per heavy atom. The summed E-state index contributed by atoms with van der Waals surface area (Å²) >= 11 is 0. The Bertz CT molecular complexity index is 86.0. The Morgan fingerprint density at radius 2 is 1.80 bits per heavy atom. The molecule has 62 valence electrons. The third-order valence-electron chi connectivity index (χ3n) is 2.84. The van der Waals surface area contributed by atoms with Crippen molar-refractivity contribution >= 4 is 0 Å². The van der Waals surface area contributed by atoms with Crippen LogP contribution in [0.1, 0.15) is 53.9 Å². The fourth-order valence-corrected chi connectivity index (χ4v) is 1.57. The van der Waals surface area contributed by atoms with Crippen LogP contribution in [0.5, 0.6) is 0 Å². The van der Waals surface area contributed by atoms with Crippen LogP contribution in [0, 0.1) is 11.3 Å². The van der Waals surface area contributed by atoms with E-state index in [0.717, 1.165) is 11.3 Å². The SMILES string of the molecule is CC.CCC1CC1(C)CC. The first kappa shape index (κ1) is 10.0. The van der Waals surface area contributed by atoms with Crippen molar-refractivity contribution in [3.8, 4) is 0 Å². The van der Waals surface area contributed by atoms with Crippen LogP contribution in [0.15, 0.2) is 0 Å². The van der Waals surface area contributed by atoms with Crippen molar-refractivity contribution < 1.29 is 0 Å². The minimum absolute atomic E-state index is 0.759. The minimum Gasteiger partial charge on any atom is -0.0683 e. The van der Waals surface area contributed by atoms with Crippen LogP contribution < -0.4 is 0 Å². The van der Waals surface area contributed by atoms with Gasteiger partial charge in [-0.25, -0.2) is 0 Å². The fourth-order valence-electron chi connectivity index (χ4n) is 1.57. The highest BCUT2D eigenvalue weighted by Gasteiger charge is 2.46. The van der Waals surface area contributed by atoms with E-state index >= 15 is 0 Å². The minimum atomic E-state index is 0.759. The predicted molar refractivity (Wildman–Crippen MR) is 48.1 cm³/mol. The summed E-state index contributed by atoms with van der Waals surface area (Å²) in [6.45, 7) is 11.0. The Labute approximate surface area is 66.0 Å². The maximum atomic E-state index is 2.40. The Morgan fingerprint density at radius 1 is 1.30 bits per heavy atom.